The molecule has 0 spiro atoms. The highest BCUT2D eigenvalue weighted by molar-refractivity contribution is 6.17. The first kappa shape index (κ1) is 11.8. The van der Waals surface area contributed by atoms with Crippen LogP contribution in [0.5, 0.6) is 0 Å². The monoisotopic (exact) mass is 217 g/mol. The summed E-state index contributed by atoms with van der Waals surface area (Å²) in [6.07, 6.45) is 7.56. The van der Waals surface area contributed by atoms with Crippen molar-refractivity contribution in [2.24, 2.45) is 0 Å². The lowest BCUT2D eigenvalue weighted by Gasteiger charge is -2.20. The Bertz CT molecular complexity index is 173. The van der Waals surface area contributed by atoms with Gasteiger partial charge in [-0.3, -0.25) is 4.79 Å². The second kappa shape index (κ2) is 7.10. The van der Waals surface area contributed by atoms with Crippen molar-refractivity contribution in [1.29, 1.82) is 0 Å². The van der Waals surface area contributed by atoms with E-state index in [-0.39, 0.29) is 0 Å². The number of amides is 1. The van der Waals surface area contributed by atoms with E-state index in [1.54, 1.807) is 0 Å². The van der Waals surface area contributed by atoms with Gasteiger partial charge in [0.2, 0.25) is 5.91 Å². The Kier molecular flexibility index (Phi) is 6.00. The molecular weight excluding hydrogens is 198 g/mol. The van der Waals surface area contributed by atoms with E-state index in [2.05, 4.69) is 0 Å². The number of likely N-dealkylation sites (tertiary alicyclic amines) is 1. The lowest BCUT2D eigenvalue weighted by molar-refractivity contribution is -0.130. The van der Waals surface area contributed by atoms with Gasteiger partial charge in [-0.25, -0.2) is 0 Å². The zero-order valence-electron chi connectivity index (χ0n) is 8.80. The van der Waals surface area contributed by atoms with Gasteiger partial charge in [-0.2, -0.15) is 0 Å². The second-order valence-corrected chi connectivity index (χ2v) is 4.32. The minimum absolute atomic E-state index is 0.355. The van der Waals surface area contributed by atoms with Crippen LogP contribution in [0, 0.1) is 0 Å². The highest BCUT2D eigenvalue weighted by atomic mass is 35.5. The lowest BCUT2D eigenvalue weighted by Crippen LogP contribution is -2.31. The SMILES string of the molecule is O=C1CCCCCN1CCCCCCl. The first-order valence-corrected chi connectivity index (χ1v) is 6.22. The molecule has 3 heteroatoms. The average Bonchev–Trinajstić information content (AvgIpc) is 2.39. The van der Waals surface area contributed by atoms with Crippen molar-refractivity contribution < 1.29 is 4.79 Å². The summed E-state index contributed by atoms with van der Waals surface area (Å²) >= 11 is 5.60. The maximum Gasteiger partial charge on any atom is 0.222 e. The summed E-state index contributed by atoms with van der Waals surface area (Å²) in [4.78, 5) is 13.6. The van der Waals surface area contributed by atoms with Crippen LogP contribution >= 0.6 is 11.6 Å². The van der Waals surface area contributed by atoms with Crippen LogP contribution in [-0.4, -0.2) is 29.8 Å². The summed E-state index contributed by atoms with van der Waals surface area (Å²) in [6.45, 7) is 1.91. The molecule has 1 fully saturated rings. The Morgan fingerprint density at radius 1 is 1.14 bits per heavy atom. The van der Waals surface area contributed by atoms with Crippen LogP contribution in [0.15, 0.2) is 0 Å². The Morgan fingerprint density at radius 2 is 2.00 bits per heavy atom. The topological polar surface area (TPSA) is 20.3 Å². The molecule has 0 unspecified atom stereocenters. The van der Waals surface area contributed by atoms with Crippen LogP contribution in [-0.2, 0) is 4.79 Å². The molecule has 0 aliphatic carbocycles. The van der Waals surface area contributed by atoms with Crippen molar-refractivity contribution in [3.63, 3.8) is 0 Å². The molecule has 0 radical (unpaired) electrons. The summed E-state index contributed by atoms with van der Waals surface area (Å²) in [6, 6.07) is 0. The normalized spacial score (nSPS) is 18.4. The first-order chi connectivity index (χ1) is 6.84. The largest absolute Gasteiger partial charge is 0.343 e. The summed E-state index contributed by atoms with van der Waals surface area (Å²) in [5.74, 6) is 1.10. The molecule has 1 heterocycles. The molecule has 0 saturated carbocycles. The number of halogens is 1. The molecule has 1 aliphatic heterocycles. The third-order valence-electron chi connectivity index (χ3n) is 2.73. The van der Waals surface area contributed by atoms with Gasteiger partial charge in [0.1, 0.15) is 0 Å². The molecule has 82 valence electrons. The Hall–Kier alpha value is -0.240. The van der Waals surface area contributed by atoms with E-state index in [1.807, 2.05) is 4.90 Å². The van der Waals surface area contributed by atoms with E-state index in [1.165, 1.54) is 12.8 Å². The van der Waals surface area contributed by atoms with Gasteiger partial charge in [0.25, 0.3) is 0 Å². The predicted octanol–water partition coefficient (Wildman–Crippen LogP) is 2.80. The zero-order valence-corrected chi connectivity index (χ0v) is 9.56. The van der Waals surface area contributed by atoms with Crippen molar-refractivity contribution in [2.75, 3.05) is 19.0 Å². The fourth-order valence-electron chi connectivity index (χ4n) is 1.85. The van der Waals surface area contributed by atoms with Crippen molar-refractivity contribution in [2.45, 2.75) is 44.9 Å². The van der Waals surface area contributed by atoms with Crippen LogP contribution in [0.2, 0.25) is 0 Å². The lowest BCUT2D eigenvalue weighted by atomic mass is 10.2. The van der Waals surface area contributed by atoms with Gasteiger partial charge in [-0.15, -0.1) is 11.6 Å². The van der Waals surface area contributed by atoms with E-state index in [4.69, 9.17) is 11.6 Å². The van der Waals surface area contributed by atoms with Crippen LogP contribution in [0.3, 0.4) is 0 Å². The number of carbonyl (C=O) groups excluding carboxylic acids is 1. The highest BCUT2D eigenvalue weighted by Crippen LogP contribution is 2.12. The number of hydrogen-bond donors (Lipinski definition) is 0. The fourth-order valence-corrected chi connectivity index (χ4v) is 2.04. The molecule has 0 aromatic carbocycles. The van der Waals surface area contributed by atoms with E-state index < -0.39 is 0 Å². The van der Waals surface area contributed by atoms with Gasteiger partial charge < -0.3 is 4.90 Å². The van der Waals surface area contributed by atoms with E-state index in [0.717, 1.165) is 51.1 Å². The zero-order chi connectivity index (χ0) is 10.2. The van der Waals surface area contributed by atoms with Crippen LogP contribution in [0.4, 0.5) is 0 Å². The average molecular weight is 218 g/mol. The maximum absolute atomic E-state index is 11.6. The number of unbranched alkanes of at least 4 members (excludes halogenated alkanes) is 2. The molecule has 14 heavy (non-hydrogen) atoms. The van der Waals surface area contributed by atoms with Gasteiger partial charge >= 0.3 is 0 Å². The maximum atomic E-state index is 11.6. The quantitative estimate of drug-likeness (QED) is 0.512. The molecule has 0 N–H and O–H groups in total. The van der Waals surface area contributed by atoms with Gasteiger partial charge in [-0.05, 0) is 25.7 Å². The van der Waals surface area contributed by atoms with Crippen LogP contribution in [0.25, 0.3) is 0 Å². The van der Waals surface area contributed by atoms with Gasteiger partial charge in [0, 0.05) is 25.4 Å². The highest BCUT2D eigenvalue weighted by Gasteiger charge is 2.15. The minimum Gasteiger partial charge on any atom is -0.343 e. The molecular formula is C11H20ClNO. The smallest absolute Gasteiger partial charge is 0.222 e. The number of alkyl halides is 1. The van der Waals surface area contributed by atoms with Crippen molar-refractivity contribution in [1.82, 2.24) is 4.90 Å². The third kappa shape index (κ3) is 4.32. The van der Waals surface area contributed by atoms with Gasteiger partial charge in [-0.1, -0.05) is 12.8 Å². The fraction of sp³-hybridized carbons (Fsp3) is 0.909. The third-order valence-corrected chi connectivity index (χ3v) is 3.00. The van der Waals surface area contributed by atoms with E-state index in [0.29, 0.717) is 5.91 Å². The standard InChI is InChI=1S/C11H20ClNO/c12-8-4-2-6-10-13-9-5-1-3-7-11(13)14/h1-10H2. The van der Waals surface area contributed by atoms with E-state index >= 15 is 0 Å². The number of hydrogen-bond acceptors (Lipinski definition) is 1. The van der Waals surface area contributed by atoms with Crippen LogP contribution in [0.1, 0.15) is 44.9 Å². The van der Waals surface area contributed by atoms with Crippen molar-refractivity contribution in [3.05, 3.63) is 0 Å². The Labute approximate surface area is 91.6 Å². The number of nitrogens with zero attached hydrogens (tertiary/aromatic N) is 1. The van der Waals surface area contributed by atoms with Gasteiger partial charge in [0.15, 0.2) is 0 Å². The molecule has 0 aromatic rings. The second-order valence-electron chi connectivity index (χ2n) is 3.94. The molecule has 0 aromatic heterocycles. The molecule has 1 rings (SSSR count). The van der Waals surface area contributed by atoms with Crippen molar-refractivity contribution in [3.8, 4) is 0 Å². The Balaban J connectivity index is 2.16. The molecule has 1 amide bonds. The molecule has 1 aliphatic rings. The molecule has 2 nitrogen and oxygen atoms in total. The molecule has 0 atom stereocenters. The molecule has 1 saturated heterocycles. The van der Waals surface area contributed by atoms with Gasteiger partial charge in [0.05, 0.1) is 0 Å². The van der Waals surface area contributed by atoms with E-state index in [9.17, 15) is 4.79 Å². The number of rotatable bonds is 5. The summed E-state index contributed by atoms with van der Waals surface area (Å²) in [5, 5.41) is 0. The van der Waals surface area contributed by atoms with Crippen molar-refractivity contribution >= 4 is 17.5 Å². The predicted molar refractivity (Wildman–Crippen MR) is 59.6 cm³/mol. The Morgan fingerprint density at radius 3 is 2.79 bits per heavy atom. The van der Waals surface area contributed by atoms with Crippen LogP contribution < -0.4 is 0 Å². The number of carbonyl (C=O) groups is 1. The first-order valence-electron chi connectivity index (χ1n) is 5.68. The summed E-state index contributed by atoms with van der Waals surface area (Å²) < 4.78 is 0. The summed E-state index contributed by atoms with van der Waals surface area (Å²) in [5.41, 5.74) is 0. The summed E-state index contributed by atoms with van der Waals surface area (Å²) in [7, 11) is 0. The minimum atomic E-state index is 0.355. The molecule has 0 bridgehead atoms.